The second-order valence-corrected chi connectivity index (χ2v) is 2.23. The van der Waals surface area contributed by atoms with Crippen LogP contribution in [0, 0.1) is 0 Å². The van der Waals surface area contributed by atoms with E-state index in [-0.39, 0.29) is 93.5 Å². The summed E-state index contributed by atoms with van der Waals surface area (Å²) in [4.78, 5) is 18.8. The SMILES string of the molecule is O.O=C(Cl)CCl.O=C/C(Cl)=C\[O-].[Na+].[Na+].[OH-]. The molecule has 0 aliphatic heterocycles. The van der Waals surface area contributed by atoms with Gasteiger partial charge in [-0.3, -0.25) is 9.59 Å². The van der Waals surface area contributed by atoms with E-state index in [0.29, 0.717) is 0 Å². The first-order valence-electron chi connectivity index (χ1n) is 2.25. The maximum Gasteiger partial charge on any atom is 1.00 e. The Hall–Kier alpha value is 1.67. The Morgan fingerprint density at radius 3 is 1.53 bits per heavy atom. The molecular formula is C5H7Cl3Na2O5. The molecule has 5 nitrogen and oxygen atoms in total. The number of allylic oxidation sites excluding steroid dienone is 1. The standard InChI is InChI=1S/C3H3ClO2.C2H2Cl2O.2Na.2H2O/c4-3(1-5)2-6;3-1-2(4)5;;;;/h1-2,5H;1H2;;;2*1H2/q;;2*+1;;/p-2/b3-1+;;;;;. The van der Waals surface area contributed by atoms with Crippen molar-refractivity contribution in [3.05, 3.63) is 11.3 Å². The topological polar surface area (TPSA) is 119 Å². The average Bonchev–Trinajstić information content (AvgIpc) is 2.04. The van der Waals surface area contributed by atoms with Gasteiger partial charge in [0, 0.05) is 0 Å². The summed E-state index contributed by atoms with van der Waals surface area (Å²) in [5.41, 5.74) is 0. The first kappa shape index (κ1) is 36.0. The molecule has 0 unspecified atom stereocenters. The van der Waals surface area contributed by atoms with Gasteiger partial charge in [0.2, 0.25) is 5.24 Å². The van der Waals surface area contributed by atoms with Crippen LogP contribution in [0.3, 0.4) is 0 Å². The molecule has 15 heavy (non-hydrogen) atoms. The summed E-state index contributed by atoms with van der Waals surface area (Å²) in [5, 5.41) is 8.53. The first-order valence-corrected chi connectivity index (χ1v) is 3.54. The van der Waals surface area contributed by atoms with E-state index in [2.05, 4.69) is 0 Å². The van der Waals surface area contributed by atoms with Crippen LogP contribution in [0.15, 0.2) is 11.3 Å². The maximum atomic E-state index is 9.45. The van der Waals surface area contributed by atoms with Gasteiger partial charge in [-0.2, -0.15) is 0 Å². The molecule has 0 aliphatic rings. The summed E-state index contributed by atoms with van der Waals surface area (Å²) in [7, 11) is 0. The minimum Gasteiger partial charge on any atom is -0.877 e. The predicted molar refractivity (Wildman–Crippen MR) is 47.1 cm³/mol. The number of carbonyl (C=O) groups is 2. The van der Waals surface area contributed by atoms with E-state index >= 15 is 0 Å². The van der Waals surface area contributed by atoms with Gasteiger partial charge in [-0.1, -0.05) is 11.6 Å². The second kappa shape index (κ2) is 29.6. The van der Waals surface area contributed by atoms with E-state index in [4.69, 9.17) is 34.8 Å². The van der Waals surface area contributed by atoms with Crippen LogP contribution < -0.4 is 64.2 Å². The second-order valence-electron chi connectivity index (χ2n) is 1.11. The van der Waals surface area contributed by atoms with Gasteiger partial charge in [0.25, 0.3) is 0 Å². The number of carbonyl (C=O) groups excluding carboxylic acids is 2. The van der Waals surface area contributed by atoms with Crippen molar-refractivity contribution in [2.24, 2.45) is 0 Å². The van der Waals surface area contributed by atoms with E-state index in [1.54, 1.807) is 0 Å². The van der Waals surface area contributed by atoms with Crippen molar-refractivity contribution in [1.82, 2.24) is 0 Å². The van der Waals surface area contributed by atoms with Crippen molar-refractivity contribution in [1.29, 1.82) is 0 Å². The van der Waals surface area contributed by atoms with Gasteiger partial charge in [0.15, 0.2) is 6.29 Å². The van der Waals surface area contributed by atoms with Gasteiger partial charge < -0.3 is 16.1 Å². The normalized spacial score (nSPS) is 7.00. The Morgan fingerprint density at radius 1 is 1.27 bits per heavy atom. The van der Waals surface area contributed by atoms with Gasteiger partial charge in [-0.05, 0) is 11.6 Å². The van der Waals surface area contributed by atoms with Crippen molar-refractivity contribution in [2.75, 3.05) is 5.88 Å². The number of halogens is 3. The molecule has 0 saturated carbocycles. The molecule has 0 rings (SSSR count). The Morgan fingerprint density at radius 2 is 1.53 bits per heavy atom. The Kier molecular flexibility index (Phi) is 71.0. The minimum absolute atomic E-state index is 0. The van der Waals surface area contributed by atoms with Crippen molar-refractivity contribution < 1.29 is 84.8 Å². The Bertz CT molecular complexity index is 167. The number of rotatable bonds is 2. The van der Waals surface area contributed by atoms with Gasteiger partial charge in [0.1, 0.15) is 0 Å². The third-order valence-corrected chi connectivity index (χ3v) is 1.02. The van der Waals surface area contributed by atoms with Crippen molar-refractivity contribution in [3.63, 3.8) is 0 Å². The van der Waals surface area contributed by atoms with E-state index < -0.39 is 5.24 Å². The zero-order valence-electron chi connectivity index (χ0n) is 8.17. The van der Waals surface area contributed by atoms with Gasteiger partial charge in [-0.25, -0.2) is 0 Å². The van der Waals surface area contributed by atoms with Gasteiger partial charge >= 0.3 is 59.1 Å². The van der Waals surface area contributed by atoms with Crippen LogP contribution in [0.5, 0.6) is 0 Å². The molecule has 0 bridgehead atoms. The molecule has 0 fully saturated rings. The largest absolute Gasteiger partial charge is 1.00 e. The van der Waals surface area contributed by atoms with E-state index in [1.165, 1.54) is 0 Å². The Labute approximate surface area is 146 Å². The van der Waals surface area contributed by atoms with Crippen LogP contribution in [0.2, 0.25) is 0 Å². The predicted octanol–water partition coefficient (Wildman–Crippen LogP) is -6.38. The molecule has 0 atom stereocenters. The Balaban J connectivity index is -0.0000000215. The molecule has 0 aliphatic carbocycles. The van der Waals surface area contributed by atoms with Crippen LogP contribution >= 0.6 is 34.8 Å². The third kappa shape index (κ3) is 49.8. The summed E-state index contributed by atoms with van der Waals surface area (Å²) < 4.78 is 0. The van der Waals surface area contributed by atoms with Crippen LogP contribution in [-0.2, 0) is 9.59 Å². The molecular weight excluding hydrogens is 292 g/mol. The fraction of sp³-hybridized carbons (Fsp3) is 0.200. The molecule has 0 radical (unpaired) electrons. The molecule has 0 aromatic rings. The van der Waals surface area contributed by atoms with Crippen molar-refractivity contribution in [2.45, 2.75) is 0 Å². The smallest absolute Gasteiger partial charge is 0.877 e. The van der Waals surface area contributed by atoms with E-state index in [0.717, 1.165) is 0 Å². The zero-order chi connectivity index (χ0) is 9.28. The zero-order valence-corrected chi connectivity index (χ0v) is 14.4. The summed E-state index contributed by atoms with van der Waals surface area (Å²) in [6, 6.07) is 0. The summed E-state index contributed by atoms with van der Waals surface area (Å²) in [5.74, 6) is -0.0957. The summed E-state index contributed by atoms with van der Waals surface area (Å²) >= 11 is 14.4. The fourth-order valence-electron chi connectivity index (χ4n) is 0.0278. The van der Waals surface area contributed by atoms with E-state index in [1.807, 2.05) is 0 Å². The fourth-order valence-corrected chi connectivity index (χ4v) is 0.0278. The quantitative estimate of drug-likeness (QED) is 0.126. The molecule has 0 amide bonds. The van der Waals surface area contributed by atoms with Crippen LogP contribution in [-0.4, -0.2) is 28.4 Å². The summed E-state index contributed by atoms with van der Waals surface area (Å²) in [6.45, 7) is 0. The monoisotopic (exact) mass is 298 g/mol. The van der Waals surface area contributed by atoms with Gasteiger partial charge in [-0.15, -0.1) is 17.9 Å². The maximum absolute atomic E-state index is 9.45. The molecule has 0 saturated heterocycles. The molecule has 3 N–H and O–H groups in total. The minimum atomic E-state index is -0.508. The first-order chi connectivity index (χ1) is 5.08. The summed E-state index contributed by atoms with van der Waals surface area (Å²) in [6.07, 6.45) is 0.573. The van der Waals surface area contributed by atoms with Crippen molar-refractivity contribution in [3.8, 4) is 0 Å². The molecule has 0 aromatic heterocycles. The molecule has 0 spiro atoms. The van der Waals surface area contributed by atoms with E-state index in [9.17, 15) is 14.7 Å². The number of hydrogen-bond donors (Lipinski definition) is 0. The van der Waals surface area contributed by atoms with Crippen LogP contribution in [0.4, 0.5) is 0 Å². The number of hydrogen-bond acceptors (Lipinski definition) is 4. The van der Waals surface area contributed by atoms with Crippen LogP contribution in [0.1, 0.15) is 0 Å². The molecule has 0 aromatic carbocycles. The third-order valence-electron chi connectivity index (χ3n) is 0.330. The van der Waals surface area contributed by atoms with Gasteiger partial charge in [0.05, 0.1) is 10.9 Å². The van der Waals surface area contributed by atoms with Crippen molar-refractivity contribution >= 4 is 46.3 Å². The molecule has 10 heteroatoms. The molecule has 0 heterocycles. The van der Waals surface area contributed by atoms with Crippen LogP contribution in [0.25, 0.3) is 0 Å². The number of alkyl halides is 1. The molecule has 80 valence electrons. The number of aldehydes is 1. The average molecular weight is 299 g/mol.